The summed E-state index contributed by atoms with van der Waals surface area (Å²) in [5, 5.41) is 9.03. The predicted molar refractivity (Wildman–Crippen MR) is 70.4 cm³/mol. The minimum absolute atomic E-state index is 0.133. The van der Waals surface area contributed by atoms with E-state index in [4.69, 9.17) is 9.84 Å². The summed E-state index contributed by atoms with van der Waals surface area (Å²) < 4.78 is 43.9. The van der Waals surface area contributed by atoms with Gasteiger partial charge in [-0.2, -0.15) is 13.2 Å². The van der Waals surface area contributed by atoms with Crippen LogP contribution in [0.5, 0.6) is 0 Å². The number of aliphatic carboxylic acids is 1. The molecule has 22 heavy (non-hydrogen) atoms. The van der Waals surface area contributed by atoms with Crippen LogP contribution in [-0.4, -0.2) is 47.4 Å². The number of carboxylic acids is 1. The van der Waals surface area contributed by atoms with Crippen molar-refractivity contribution in [3.63, 3.8) is 0 Å². The molecule has 0 aromatic carbocycles. The Kier molecular flexibility index (Phi) is 4.55. The molecule has 1 aromatic heterocycles. The Morgan fingerprint density at radius 3 is 2.64 bits per heavy atom. The number of anilines is 1. The molecule has 6 nitrogen and oxygen atoms in total. The standard InChI is InChI=1S/C13H16F3N3O3/c1-7-3-11(18-10(17-7)6-22-2)19-4-8(12(20)21)9(5-19)13(14,15)16/h3,8-9H,4-6H2,1-2H3,(H,20,21)/t8-,9-/m1/s1. The van der Waals surface area contributed by atoms with Crippen LogP contribution < -0.4 is 4.90 Å². The molecule has 1 saturated heterocycles. The first kappa shape index (κ1) is 16.5. The van der Waals surface area contributed by atoms with Crippen LogP contribution >= 0.6 is 0 Å². The van der Waals surface area contributed by atoms with Gasteiger partial charge in [-0.1, -0.05) is 0 Å². The number of hydrogen-bond donors (Lipinski definition) is 1. The van der Waals surface area contributed by atoms with E-state index in [1.54, 1.807) is 6.92 Å². The number of halogens is 3. The van der Waals surface area contributed by atoms with Crippen molar-refractivity contribution < 1.29 is 27.8 Å². The number of carbonyl (C=O) groups is 1. The third kappa shape index (κ3) is 3.46. The highest BCUT2D eigenvalue weighted by molar-refractivity contribution is 5.72. The number of carboxylic acid groups (broad SMARTS) is 1. The largest absolute Gasteiger partial charge is 0.481 e. The molecule has 0 spiro atoms. The number of aromatic nitrogens is 2. The van der Waals surface area contributed by atoms with Crippen LogP contribution in [-0.2, 0) is 16.1 Å². The Balaban J connectivity index is 2.29. The maximum atomic E-state index is 13.0. The molecule has 0 bridgehead atoms. The van der Waals surface area contributed by atoms with Gasteiger partial charge in [-0.15, -0.1) is 0 Å². The summed E-state index contributed by atoms with van der Waals surface area (Å²) in [4.78, 5) is 20.7. The van der Waals surface area contributed by atoms with Gasteiger partial charge in [0.2, 0.25) is 0 Å². The first-order chi connectivity index (χ1) is 10.2. The Labute approximate surface area is 124 Å². The molecule has 1 aromatic rings. The molecule has 0 radical (unpaired) electrons. The Morgan fingerprint density at radius 1 is 1.45 bits per heavy atom. The molecule has 1 aliphatic heterocycles. The smallest absolute Gasteiger partial charge is 0.394 e. The van der Waals surface area contributed by atoms with Crippen LogP contribution in [0.3, 0.4) is 0 Å². The van der Waals surface area contributed by atoms with Crippen molar-refractivity contribution in [3.8, 4) is 0 Å². The number of rotatable bonds is 4. The SMILES string of the molecule is COCc1nc(C)cc(N2C[C@@H](C(F)(F)F)[C@H](C(=O)O)C2)n1. The van der Waals surface area contributed by atoms with Gasteiger partial charge in [-0.05, 0) is 6.92 Å². The zero-order chi connectivity index (χ0) is 16.5. The lowest BCUT2D eigenvalue weighted by atomic mass is 9.96. The number of methoxy groups -OCH3 is 1. The summed E-state index contributed by atoms with van der Waals surface area (Å²) in [5.74, 6) is -4.22. The van der Waals surface area contributed by atoms with Gasteiger partial charge in [0.05, 0.1) is 11.8 Å². The van der Waals surface area contributed by atoms with E-state index < -0.39 is 30.5 Å². The maximum absolute atomic E-state index is 13.0. The van der Waals surface area contributed by atoms with Crippen LogP contribution in [0.15, 0.2) is 6.07 Å². The molecule has 2 atom stereocenters. The van der Waals surface area contributed by atoms with Gasteiger partial charge in [0.1, 0.15) is 12.4 Å². The van der Waals surface area contributed by atoms with Gasteiger partial charge in [-0.25, -0.2) is 9.97 Å². The second-order valence-corrected chi connectivity index (χ2v) is 5.21. The minimum Gasteiger partial charge on any atom is -0.481 e. The summed E-state index contributed by atoms with van der Waals surface area (Å²) in [6.07, 6.45) is -4.56. The normalized spacial score (nSPS) is 22.1. The topological polar surface area (TPSA) is 75.5 Å². The van der Waals surface area contributed by atoms with E-state index >= 15 is 0 Å². The third-order valence-corrected chi connectivity index (χ3v) is 3.54. The van der Waals surface area contributed by atoms with Crippen molar-refractivity contribution in [3.05, 3.63) is 17.6 Å². The zero-order valence-electron chi connectivity index (χ0n) is 12.1. The van der Waals surface area contributed by atoms with Gasteiger partial charge < -0.3 is 14.7 Å². The fourth-order valence-corrected chi connectivity index (χ4v) is 2.54. The summed E-state index contributed by atoms with van der Waals surface area (Å²) in [7, 11) is 1.46. The molecule has 2 heterocycles. The van der Waals surface area contributed by atoms with Crippen molar-refractivity contribution in [2.24, 2.45) is 11.8 Å². The van der Waals surface area contributed by atoms with E-state index in [0.29, 0.717) is 11.5 Å². The lowest BCUT2D eigenvalue weighted by Gasteiger charge is -2.19. The van der Waals surface area contributed by atoms with E-state index in [2.05, 4.69) is 9.97 Å². The van der Waals surface area contributed by atoms with E-state index in [1.807, 2.05) is 0 Å². The van der Waals surface area contributed by atoms with E-state index in [-0.39, 0.29) is 19.0 Å². The van der Waals surface area contributed by atoms with E-state index in [9.17, 15) is 18.0 Å². The molecule has 0 aliphatic carbocycles. The van der Waals surface area contributed by atoms with Crippen LogP contribution in [0.25, 0.3) is 0 Å². The van der Waals surface area contributed by atoms with Crippen molar-refractivity contribution in [2.75, 3.05) is 25.1 Å². The highest BCUT2D eigenvalue weighted by Gasteiger charge is 2.52. The molecule has 122 valence electrons. The Morgan fingerprint density at radius 2 is 2.14 bits per heavy atom. The first-order valence-corrected chi connectivity index (χ1v) is 6.60. The second-order valence-electron chi connectivity index (χ2n) is 5.21. The van der Waals surface area contributed by atoms with E-state index in [0.717, 1.165) is 0 Å². The lowest BCUT2D eigenvalue weighted by Crippen LogP contribution is -2.33. The van der Waals surface area contributed by atoms with Crippen molar-refractivity contribution in [2.45, 2.75) is 19.7 Å². The number of nitrogens with zero attached hydrogens (tertiary/aromatic N) is 3. The molecule has 0 amide bonds. The van der Waals surface area contributed by atoms with Gasteiger partial charge in [0, 0.05) is 32.0 Å². The van der Waals surface area contributed by atoms with Crippen molar-refractivity contribution in [1.29, 1.82) is 0 Å². The summed E-state index contributed by atoms with van der Waals surface area (Å²) in [6, 6.07) is 1.54. The van der Waals surface area contributed by atoms with Gasteiger partial charge in [0.25, 0.3) is 0 Å². The molecule has 1 fully saturated rings. The maximum Gasteiger partial charge on any atom is 0.394 e. The molecular formula is C13H16F3N3O3. The molecule has 0 saturated carbocycles. The molecule has 0 unspecified atom stereocenters. The molecule has 2 rings (SSSR count). The number of alkyl halides is 3. The molecule has 9 heteroatoms. The predicted octanol–water partition coefficient (Wildman–Crippen LogP) is 1.63. The summed E-state index contributed by atoms with van der Waals surface area (Å²) >= 11 is 0. The van der Waals surface area contributed by atoms with Crippen LogP contribution in [0, 0.1) is 18.8 Å². The average Bonchev–Trinajstić information content (AvgIpc) is 2.83. The monoisotopic (exact) mass is 319 g/mol. The summed E-state index contributed by atoms with van der Waals surface area (Å²) in [5.41, 5.74) is 0.583. The van der Waals surface area contributed by atoms with Crippen LogP contribution in [0.4, 0.5) is 19.0 Å². The van der Waals surface area contributed by atoms with Gasteiger partial charge in [0.15, 0.2) is 5.82 Å². The van der Waals surface area contributed by atoms with Crippen molar-refractivity contribution >= 4 is 11.8 Å². The zero-order valence-corrected chi connectivity index (χ0v) is 12.1. The quantitative estimate of drug-likeness (QED) is 0.909. The number of ether oxygens (including phenoxy) is 1. The summed E-state index contributed by atoms with van der Waals surface area (Å²) in [6.45, 7) is 1.16. The Bertz CT molecular complexity index is 565. The molecule has 1 aliphatic rings. The highest BCUT2D eigenvalue weighted by atomic mass is 19.4. The average molecular weight is 319 g/mol. The molecular weight excluding hydrogens is 303 g/mol. The fourth-order valence-electron chi connectivity index (χ4n) is 2.54. The second kappa shape index (κ2) is 6.07. The first-order valence-electron chi connectivity index (χ1n) is 6.60. The Hall–Kier alpha value is -1.90. The minimum atomic E-state index is -4.56. The molecule has 1 N–H and O–H groups in total. The van der Waals surface area contributed by atoms with Gasteiger partial charge >= 0.3 is 12.1 Å². The third-order valence-electron chi connectivity index (χ3n) is 3.54. The van der Waals surface area contributed by atoms with Crippen molar-refractivity contribution in [1.82, 2.24) is 9.97 Å². The van der Waals surface area contributed by atoms with E-state index in [1.165, 1.54) is 18.1 Å². The fraction of sp³-hybridized carbons (Fsp3) is 0.615. The number of aryl methyl sites for hydroxylation is 1. The van der Waals surface area contributed by atoms with Crippen LogP contribution in [0.2, 0.25) is 0 Å². The van der Waals surface area contributed by atoms with Gasteiger partial charge in [-0.3, -0.25) is 4.79 Å². The lowest BCUT2D eigenvalue weighted by molar-refractivity contribution is -0.187. The highest BCUT2D eigenvalue weighted by Crippen LogP contribution is 2.39. The van der Waals surface area contributed by atoms with Crippen LogP contribution in [0.1, 0.15) is 11.5 Å². The number of hydrogen-bond acceptors (Lipinski definition) is 5.